The highest BCUT2D eigenvalue weighted by atomic mass is 32.7. The Hall–Kier alpha value is -2.14. The summed E-state index contributed by atoms with van der Waals surface area (Å²) in [7, 11) is -1.81. The van der Waals surface area contributed by atoms with Gasteiger partial charge in [0, 0.05) is 6.42 Å². The lowest BCUT2D eigenvalue weighted by atomic mass is 10.1. The highest BCUT2D eigenvalue weighted by molar-refractivity contribution is 8.46. The van der Waals surface area contributed by atoms with Gasteiger partial charge in [0.25, 0.3) is 0 Å². The zero-order valence-electron chi connectivity index (χ0n) is 20.8. The third-order valence-corrected chi connectivity index (χ3v) is 12.8. The fraction of sp³-hybridized carbons (Fsp3) is 0.296. The molecule has 9 heteroatoms. The smallest absolute Gasteiger partial charge is 0.338 e. The standard InChI is InChI=1S/C27H32N2O4P2S/c1-4-32-35(30,33-5-2)27(22-12-8-6-9-13-22)20-23-21-34(36,26-18-16-25(31-3)17-19-26)29(28-23)24-14-10-7-11-15-24/h6-19,27H,4-5,20-21H2,1-3H3. The van der Waals surface area contributed by atoms with Crippen LogP contribution in [0.2, 0.25) is 0 Å². The molecule has 2 unspecified atom stereocenters. The molecule has 4 rings (SSSR count). The number of para-hydroxylation sites is 1. The van der Waals surface area contributed by atoms with Crippen molar-refractivity contribution < 1.29 is 18.3 Å². The fourth-order valence-electron chi connectivity index (χ4n) is 4.37. The van der Waals surface area contributed by atoms with Crippen molar-refractivity contribution in [2.24, 2.45) is 5.10 Å². The Morgan fingerprint density at radius 1 is 0.944 bits per heavy atom. The van der Waals surface area contributed by atoms with Crippen LogP contribution in [0.25, 0.3) is 0 Å². The molecule has 0 radical (unpaired) electrons. The highest BCUT2D eigenvalue weighted by Crippen LogP contribution is 2.67. The molecule has 0 saturated carbocycles. The summed E-state index contributed by atoms with van der Waals surface area (Å²) in [6.45, 7) is 1.93. The summed E-state index contributed by atoms with van der Waals surface area (Å²) in [5, 5.41) is 6.11. The van der Waals surface area contributed by atoms with Crippen molar-refractivity contribution in [3.05, 3.63) is 90.5 Å². The molecular formula is C27H32N2O4P2S. The number of rotatable bonds is 11. The Bertz CT molecular complexity index is 1200. The van der Waals surface area contributed by atoms with Crippen LogP contribution in [0.4, 0.5) is 5.69 Å². The van der Waals surface area contributed by atoms with Crippen molar-refractivity contribution in [3.8, 4) is 5.75 Å². The number of hydrogen-bond acceptors (Lipinski definition) is 7. The van der Waals surface area contributed by atoms with Gasteiger partial charge in [-0.15, -0.1) is 5.10 Å². The number of nitrogens with zero attached hydrogens (tertiary/aromatic N) is 2. The molecule has 1 heterocycles. The second-order valence-corrected chi connectivity index (χ2v) is 15.0. The van der Waals surface area contributed by atoms with E-state index in [1.807, 2.05) is 104 Å². The summed E-state index contributed by atoms with van der Waals surface area (Å²) < 4.78 is 33.0. The zero-order valence-corrected chi connectivity index (χ0v) is 23.4. The highest BCUT2D eigenvalue weighted by Gasteiger charge is 2.45. The lowest BCUT2D eigenvalue weighted by Crippen LogP contribution is -2.23. The molecule has 1 aliphatic heterocycles. The normalized spacial score (nSPS) is 18.7. The average Bonchev–Trinajstić information content (AvgIpc) is 3.25. The van der Waals surface area contributed by atoms with Gasteiger partial charge >= 0.3 is 7.60 Å². The molecule has 36 heavy (non-hydrogen) atoms. The molecule has 0 aromatic heterocycles. The molecular weight excluding hydrogens is 510 g/mol. The summed E-state index contributed by atoms with van der Waals surface area (Å²) in [5.74, 6) is 0.783. The number of hydrogen-bond donors (Lipinski definition) is 0. The first-order valence-corrected chi connectivity index (χ1v) is 16.6. The Labute approximate surface area is 219 Å². The van der Waals surface area contributed by atoms with Crippen LogP contribution < -0.4 is 14.8 Å². The molecule has 6 nitrogen and oxygen atoms in total. The lowest BCUT2D eigenvalue weighted by molar-refractivity contribution is 0.212. The number of anilines is 1. The summed E-state index contributed by atoms with van der Waals surface area (Å²) >= 11 is 6.41. The molecule has 2 atom stereocenters. The molecule has 0 bridgehead atoms. The van der Waals surface area contributed by atoms with E-state index in [1.165, 1.54) is 0 Å². The van der Waals surface area contributed by atoms with Gasteiger partial charge in [0.05, 0.1) is 49.3 Å². The second kappa shape index (κ2) is 11.9. The Morgan fingerprint density at radius 2 is 1.53 bits per heavy atom. The molecule has 190 valence electrons. The van der Waals surface area contributed by atoms with Crippen LogP contribution in [-0.2, 0) is 25.9 Å². The Kier molecular flexibility index (Phi) is 8.92. The van der Waals surface area contributed by atoms with Gasteiger partial charge in [0.1, 0.15) is 11.9 Å². The predicted molar refractivity (Wildman–Crippen MR) is 153 cm³/mol. The van der Waals surface area contributed by atoms with E-state index in [0.717, 1.165) is 28.0 Å². The minimum atomic E-state index is -3.46. The molecule has 3 aromatic carbocycles. The van der Waals surface area contributed by atoms with E-state index in [2.05, 4.69) is 0 Å². The maximum atomic E-state index is 14.0. The van der Waals surface area contributed by atoms with Crippen molar-refractivity contribution in [1.29, 1.82) is 0 Å². The summed E-state index contributed by atoms with van der Waals surface area (Å²) in [5.41, 5.74) is 2.26. The number of benzene rings is 3. The molecule has 0 fully saturated rings. The van der Waals surface area contributed by atoms with Crippen molar-refractivity contribution in [3.63, 3.8) is 0 Å². The SMILES string of the molecule is CCOP(=O)(OCC)C(CC1=NN(c2ccccc2)[P+]([S-])(c2ccc(OC)cc2)C1)c1ccccc1. The first-order chi connectivity index (χ1) is 17.4. The molecule has 0 spiro atoms. The van der Waals surface area contributed by atoms with Crippen LogP contribution in [0.5, 0.6) is 5.75 Å². The van der Waals surface area contributed by atoms with E-state index in [9.17, 15) is 4.57 Å². The minimum Gasteiger partial charge on any atom is -0.524 e. The van der Waals surface area contributed by atoms with Gasteiger partial charge in [-0.25, -0.2) is 0 Å². The Balaban J connectivity index is 1.75. The van der Waals surface area contributed by atoms with Gasteiger partial charge in [-0.05, 0) is 55.8 Å². The topological polar surface area (TPSA) is 60.4 Å². The second-order valence-electron chi connectivity index (χ2n) is 8.35. The van der Waals surface area contributed by atoms with Crippen molar-refractivity contribution in [2.45, 2.75) is 25.9 Å². The predicted octanol–water partition coefficient (Wildman–Crippen LogP) is 6.99. The van der Waals surface area contributed by atoms with Crippen LogP contribution in [0.1, 0.15) is 31.5 Å². The third kappa shape index (κ3) is 5.72. The molecule has 0 aliphatic carbocycles. The first kappa shape index (κ1) is 26.9. The van der Waals surface area contributed by atoms with Crippen LogP contribution in [0.15, 0.2) is 90.0 Å². The largest absolute Gasteiger partial charge is 0.524 e. The van der Waals surface area contributed by atoms with Crippen LogP contribution in [-0.4, -0.2) is 32.2 Å². The molecule has 1 aliphatic rings. The molecule has 0 N–H and O–H groups in total. The molecule has 3 aromatic rings. The monoisotopic (exact) mass is 542 g/mol. The van der Waals surface area contributed by atoms with Gasteiger partial charge < -0.3 is 26.0 Å². The minimum absolute atomic E-state index is 0.299. The summed E-state index contributed by atoms with van der Waals surface area (Å²) in [6, 6.07) is 27.7. The number of ether oxygens (including phenoxy) is 1. The third-order valence-electron chi connectivity index (χ3n) is 6.02. The van der Waals surface area contributed by atoms with E-state index < -0.39 is 19.9 Å². The average molecular weight is 543 g/mol. The van der Waals surface area contributed by atoms with Crippen molar-refractivity contribution in [1.82, 2.24) is 0 Å². The maximum absolute atomic E-state index is 14.0. The van der Waals surface area contributed by atoms with E-state index in [1.54, 1.807) is 7.11 Å². The van der Waals surface area contributed by atoms with Crippen LogP contribution >= 0.6 is 14.2 Å². The number of methoxy groups -OCH3 is 1. The summed E-state index contributed by atoms with van der Waals surface area (Å²) in [4.78, 5) is 0. The quantitative estimate of drug-likeness (QED) is 0.192. The zero-order chi connectivity index (χ0) is 25.6. The van der Waals surface area contributed by atoms with Gasteiger partial charge in [-0.1, -0.05) is 48.5 Å². The van der Waals surface area contributed by atoms with Crippen LogP contribution in [0, 0.1) is 0 Å². The van der Waals surface area contributed by atoms with E-state index in [4.69, 9.17) is 31.1 Å². The first-order valence-electron chi connectivity index (χ1n) is 12.0. The lowest BCUT2D eigenvalue weighted by Gasteiger charge is -2.35. The van der Waals surface area contributed by atoms with Gasteiger partial charge in [-0.3, -0.25) is 4.57 Å². The Morgan fingerprint density at radius 3 is 2.08 bits per heavy atom. The van der Waals surface area contributed by atoms with Crippen LogP contribution in [0.3, 0.4) is 0 Å². The maximum Gasteiger partial charge on any atom is 0.338 e. The van der Waals surface area contributed by atoms with Crippen molar-refractivity contribution in [2.75, 3.05) is 31.3 Å². The fourth-order valence-corrected chi connectivity index (χ4v) is 10.3. The van der Waals surface area contributed by atoms with Gasteiger partial charge in [0.2, 0.25) is 0 Å². The van der Waals surface area contributed by atoms with E-state index in [-0.39, 0.29) is 0 Å². The van der Waals surface area contributed by atoms with E-state index >= 15 is 0 Å². The molecule has 0 amide bonds. The summed E-state index contributed by atoms with van der Waals surface area (Å²) in [6.07, 6.45) is 1.03. The van der Waals surface area contributed by atoms with Gasteiger partial charge in [0.15, 0.2) is 0 Å². The van der Waals surface area contributed by atoms with Crippen molar-refractivity contribution >= 4 is 43.2 Å². The van der Waals surface area contributed by atoms with Gasteiger partial charge in [-0.2, -0.15) is 4.78 Å². The molecule has 0 saturated heterocycles. The number of hydrazone groups is 1. The van der Waals surface area contributed by atoms with E-state index in [0.29, 0.717) is 25.8 Å².